The summed E-state index contributed by atoms with van der Waals surface area (Å²) in [5, 5.41) is 0. The maximum atomic E-state index is 2.77. The van der Waals surface area contributed by atoms with Crippen LogP contribution < -0.4 is 24.8 Å². The molecule has 0 heterocycles. The van der Waals surface area contributed by atoms with Crippen molar-refractivity contribution in [2.45, 2.75) is 114 Å². The minimum Gasteiger partial charge on any atom is -1.00 e. The molecule has 0 nitrogen and oxygen atoms in total. The van der Waals surface area contributed by atoms with Crippen LogP contribution in [-0.4, -0.2) is 3.71 Å². The number of hydrogen-bond donors (Lipinski definition) is 0. The fourth-order valence-corrected chi connectivity index (χ4v) is 18.1. The second-order valence-corrected chi connectivity index (χ2v) is 25.1. The van der Waals surface area contributed by atoms with Crippen LogP contribution in [0.3, 0.4) is 0 Å². The van der Waals surface area contributed by atoms with Crippen molar-refractivity contribution < 1.29 is 46.1 Å². The first kappa shape index (κ1) is 40.1. The van der Waals surface area contributed by atoms with Gasteiger partial charge >= 0.3 is 307 Å². The van der Waals surface area contributed by atoms with Crippen molar-refractivity contribution in [3.63, 3.8) is 0 Å². The van der Waals surface area contributed by atoms with Gasteiger partial charge in [0.1, 0.15) is 0 Å². The Morgan fingerprint density at radius 1 is 0.686 bits per heavy atom. The Labute approximate surface area is 330 Å². The molecule has 0 amide bonds. The number of halogens is 2. The first-order valence-corrected chi connectivity index (χ1v) is 22.5. The van der Waals surface area contributed by atoms with E-state index in [2.05, 4.69) is 173 Å². The molecule has 1 atom stereocenters. The summed E-state index contributed by atoms with van der Waals surface area (Å²) < 4.78 is 6.28. The van der Waals surface area contributed by atoms with Gasteiger partial charge in [0.15, 0.2) is 0 Å². The average Bonchev–Trinajstić information content (AvgIpc) is 3.68. The Morgan fingerprint density at radius 2 is 1.25 bits per heavy atom. The SMILES string of the molecule is CC1C=C(C(C)(C)C)C=[C]1[Zr+2](=[CH]c1ccccc1)[C]1=C(C(C)(C)C)c2cc3c(cc2C1(C)C)Cc1cc2c(cc1-3)C(C(C)(C)C)=CC2(C)C.[Cl-].[Cl-]. The minimum absolute atomic E-state index is 0. The molecule has 3 aromatic rings. The molecule has 51 heavy (non-hydrogen) atoms. The van der Waals surface area contributed by atoms with Gasteiger partial charge in [-0.25, -0.2) is 0 Å². The van der Waals surface area contributed by atoms with E-state index in [9.17, 15) is 0 Å². The first-order valence-electron chi connectivity index (χ1n) is 18.6. The second-order valence-electron chi connectivity index (χ2n) is 19.7. The predicted octanol–water partition coefficient (Wildman–Crippen LogP) is 7.01. The van der Waals surface area contributed by atoms with Crippen molar-refractivity contribution in [2.24, 2.45) is 22.2 Å². The van der Waals surface area contributed by atoms with E-state index >= 15 is 0 Å². The third kappa shape index (κ3) is 6.70. The summed E-state index contributed by atoms with van der Waals surface area (Å²) in [5.41, 5.74) is 18.3. The van der Waals surface area contributed by atoms with Gasteiger partial charge in [-0.1, -0.05) is 0 Å². The van der Waals surface area contributed by atoms with Crippen LogP contribution in [-0.2, 0) is 38.5 Å². The fraction of sp³-hybridized carbons (Fsp3) is 0.438. The zero-order chi connectivity index (χ0) is 35.6. The van der Waals surface area contributed by atoms with Gasteiger partial charge in [-0.2, -0.15) is 0 Å². The number of benzene rings is 3. The van der Waals surface area contributed by atoms with Gasteiger partial charge in [0, 0.05) is 0 Å². The topological polar surface area (TPSA) is 0 Å². The Hall–Kier alpha value is -2.05. The third-order valence-electron chi connectivity index (χ3n) is 11.8. The van der Waals surface area contributed by atoms with E-state index in [1.807, 2.05) is 0 Å². The number of fused-ring (bicyclic) bond motifs is 5. The van der Waals surface area contributed by atoms with Crippen LogP contribution in [0.4, 0.5) is 0 Å². The average molecular weight is 797 g/mol. The van der Waals surface area contributed by atoms with E-state index in [1.165, 1.54) is 55.7 Å². The summed E-state index contributed by atoms with van der Waals surface area (Å²) >= 11 is -2.62. The Kier molecular flexibility index (Phi) is 10.3. The van der Waals surface area contributed by atoms with E-state index < -0.39 is 21.3 Å². The fourth-order valence-electron chi connectivity index (χ4n) is 9.25. The van der Waals surface area contributed by atoms with Gasteiger partial charge in [-0.3, -0.25) is 0 Å². The van der Waals surface area contributed by atoms with Crippen LogP contribution in [0.1, 0.15) is 136 Å². The maximum Gasteiger partial charge on any atom is -1.00 e. The summed E-state index contributed by atoms with van der Waals surface area (Å²) in [6.45, 7) is 34.0. The molecule has 4 aliphatic rings. The van der Waals surface area contributed by atoms with Crippen LogP contribution in [0.5, 0.6) is 0 Å². The smallest absolute Gasteiger partial charge is 1.00 e. The van der Waals surface area contributed by atoms with Crippen molar-refractivity contribution in [1.29, 1.82) is 0 Å². The zero-order valence-corrected chi connectivity index (χ0v) is 37.5. The summed E-state index contributed by atoms with van der Waals surface area (Å²) in [5.74, 6) is 0.477. The Balaban J connectivity index is 0.00000252. The maximum absolute atomic E-state index is 2.77. The van der Waals surface area contributed by atoms with Crippen LogP contribution in [0.2, 0.25) is 0 Å². The van der Waals surface area contributed by atoms with E-state index in [-0.39, 0.29) is 51.9 Å². The van der Waals surface area contributed by atoms with Crippen LogP contribution >= 0.6 is 0 Å². The molecule has 268 valence electrons. The monoisotopic (exact) mass is 794 g/mol. The minimum atomic E-state index is -2.62. The first-order chi connectivity index (χ1) is 22.6. The van der Waals surface area contributed by atoms with Gasteiger partial charge < -0.3 is 24.8 Å². The van der Waals surface area contributed by atoms with Gasteiger partial charge in [0.05, 0.1) is 0 Å². The van der Waals surface area contributed by atoms with Crippen molar-refractivity contribution >= 4 is 14.9 Å². The van der Waals surface area contributed by atoms with E-state index in [1.54, 1.807) is 17.7 Å². The Morgan fingerprint density at radius 3 is 1.78 bits per heavy atom. The van der Waals surface area contributed by atoms with Gasteiger partial charge in [-0.15, -0.1) is 0 Å². The summed E-state index contributed by atoms with van der Waals surface area (Å²) in [6.07, 6.45) is 8.79. The molecule has 0 saturated carbocycles. The Bertz CT molecular complexity index is 2070. The molecule has 0 radical (unpaired) electrons. The molecule has 3 aromatic carbocycles. The van der Waals surface area contributed by atoms with E-state index in [0.29, 0.717) is 5.92 Å². The molecular formula is C48H58Cl2Zr. The van der Waals surface area contributed by atoms with Gasteiger partial charge in [0.25, 0.3) is 0 Å². The van der Waals surface area contributed by atoms with Crippen LogP contribution in [0, 0.1) is 22.2 Å². The van der Waals surface area contributed by atoms with Gasteiger partial charge in [-0.05, 0) is 0 Å². The standard InChI is InChI=1S/C31H37.C10H15.C7H6.2ClH.Zr/c1-28(2,3)26-16-30(7,8)24-12-18-11-19-13-25-23(15-21(19)20(18)14-22(24)26)27(29(4,5)6)17-31(25,9)10;1-8-5-6-9(7-8)10(2,3)4;1-7-5-3-2-4-6-7;;;/h12-16H,11H2,1-10H3;6-8H,1-4H3;1-6H;2*1H;/q;;;;;+2/p-2. The van der Waals surface area contributed by atoms with Crippen molar-refractivity contribution in [2.75, 3.05) is 0 Å². The summed E-state index contributed by atoms with van der Waals surface area (Å²) in [7, 11) is 0. The molecule has 0 bridgehead atoms. The van der Waals surface area contributed by atoms with Crippen molar-refractivity contribution in [3.8, 4) is 11.1 Å². The molecule has 1 unspecified atom stereocenters. The molecule has 0 aromatic heterocycles. The number of hydrogen-bond acceptors (Lipinski definition) is 0. The summed E-state index contributed by atoms with van der Waals surface area (Å²) in [6, 6.07) is 21.7. The van der Waals surface area contributed by atoms with Crippen molar-refractivity contribution in [3.05, 3.63) is 124 Å². The molecule has 0 saturated heterocycles. The summed E-state index contributed by atoms with van der Waals surface area (Å²) in [4.78, 5) is 0. The van der Waals surface area contributed by atoms with Gasteiger partial charge in [0.2, 0.25) is 0 Å². The number of allylic oxidation sites excluding steroid dienone is 8. The van der Waals surface area contributed by atoms with Crippen LogP contribution in [0.15, 0.2) is 85.0 Å². The predicted molar refractivity (Wildman–Crippen MR) is 211 cm³/mol. The van der Waals surface area contributed by atoms with E-state index in [0.717, 1.165) is 6.42 Å². The molecule has 0 N–H and O–H groups in total. The molecular weight excluding hydrogens is 739 g/mol. The van der Waals surface area contributed by atoms with Crippen LogP contribution in [0.25, 0.3) is 22.3 Å². The molecule has 3 heteroatoms. The molecule has 0 spiro atoms. The van der Waals surface area contributed by atoms with Crippen molar-refractivity contribution in [1.82, 2.24) is 0 Å². The largest absolute Gasteiger partial charge is 1.00 e. The zero-order valence-electron chi connectivity index (χ0n) is 33.5. The normalized spacial score (nSPS) is 19.7. The number of rotatable bonds is 3. The third-order valence-corrected chi connectivity index (χ3v) is 19.8. The quantitative estimate of drug-likeness (QED) is 0.210. The second kappa shape index (κ2) is 13.1. The van der Waals surface area contributed by atoms with E-state index in [4.69, 9.17) is 0 Å². The molecule has 7 rings (SSSR count). The molecule has 0 fully saturated rings. The molecule has 0 aliphatic heterocycles. The molecule has 4 aliphatic carbocycles.